The summed E-state index contributed by atoms with van der Waals surface area (Å²) in [5.74, 6) is 0. The number of aliphatic hydroxyl groups is 4. The molecule has 0 heterocycles. The fraction of sp³-hybridized carbons (Fsp3) is 1.00. The Kier molecular flexibility index (Phi) is 22.8. The SMILES string of the molecule is OCCCCN(CCCCO)CCCCCCN(CCCCO)CCCCO. The van der Waals surface area contributed by atoms with E-state index in [1.807, 2.05) is 0 Å². The quantitative estimate of drug-likeness (QED) is 0.195. The molecule has 0 aliphatic rings. The molecule has 0 aliphatic heterocycles. The summed E-state index contributed by atoms with van der Waals surface area (Å²) in [6.07, 6.45) is 12.6. The molecule has 0 unspecified atom stereocenters. The fourth-order valence-electron chi connectivity index (χ4n) is 3.48. The van der Waals surface area contributed by atoms with E-state index in [4.69, 9.17) is 20.4 Å². The van der Waals surface area contributed by atoms with Gasteiger partial charge in [-0.1, -0.05) is 12.8 Å². The van der Waals surface area contributed by atoms with Gasteiger partial charge in [-0.2, -0.15) is 0 Å². The molecule has 0 saturated heterocycles. The van der Waals surface area contributed by atoms with Gasteiger partial charge in [-0.15, -0.1) is 0 Å². The minimum absolute atomic E-state index is 0.275. The van der Waals surface area contributed by atoms with Gasteiger partial charge in [-0.25, -0.2) is 0 Å². The summed E-state index contributed by atoms with van der Waals surface area (Å²) >= 11 is 0. The Bertz CT molecular complexity index is 248. The molecule has 0 atom stereocenters. The summed E-state index contributed by atoms with van der Waals surface area (Å²) < 4.78 is 0. The van der Waals surface area contributed by atoms with Crippen LogP contribution in [-0.4, -0.2) is 95.9 Å². The lowest BCUT2D eigenvalue weighted by atomic mass is 10.1. The minimum Gasteiger partial charge on any atom is -0.396 e. The molecule has 0 radical (unpaired) electrons. The van der Waals surface area contributed by atoms with Crippen LogP contribution in [0.1, 0.15) is 77.0 Å². The van der Waals surface area contributed by atoms with Crippen LogP contribution in [0.4, 0.5) is 0 Å². The number of hydrogen-bond donors (Lipinski definition) is 4. The third kappa shape index (κ3) is 19.1. The molecule has 0 aromatic heterocycles. The maximum Gasteiger partial charge on any atom is 0.0431 e. The summed E-state index contributed by atoms with van der Waals surface area (Å²) in [7, 11) is 0. The van der Waals surface area contributed by atoms with Crippen LogP contribution in [0, 0.1) is 0 Å². The molecular weight excluding hydrogens is 356 g/mol. The molecule has 0 saturated carbocycles. The molecule has 0 bridgehead atoms. The summed E-state index contributed by atoms with van der Waals surface area (Å²) in [6, 6.07) is 0. The van der Waals surface area contributed by atoms with E-state index >= 15 is 0 Å². The van der Waals surface area contributed by atoms with Crippen LogP contribution in [0.3, 0.4) is 0 Å². The second-order valence-electron chi connectivity index (χ2n) is 7.82. The van der Waals surface area contributed by atoms with Gasteiger partial charge >= 0.3 is 0 Å². The lowest BCUT2D eigenvalue weighted by Gasteiger charge is -2.23. The van der Waals surface area contributed by atoms with Gasteiger partial charge in [0.2, 0.25) is 0 Å². The monoisotopic (exact) mass is 404 g/mol. The number of unbranched alkanes of at least 4 members (excludes halogenated alkanes) is 7. The average molecular weight is 405 g/mol. The van der Waals surface area contributed by atoms with E-state index < -0.39 is 0 Å². The van der Waals surface area contributed by atoms with Gasteiger partial charge in [0.25, 0.3) is 0 Å². The zero-order valence-corrected chi connectivity index (χ0v) is 18.2. The molecule has 28 heavy (non-hydrogen) atoms. The van der Waals surface area contributed by atoms with Crippen molar-refractivity contribution < 1.29 is 20.4 Å². The van der Waals surface area contributed by atoms with Crippen molar-refractivity contribution in [3.05, 3.63) is 0 Å². The standard InChI is InChI=1S/C22H48N2O4/c25-19-9-5-15-23(16-6-10-20-26)13-3-1-2-4-14-24(17-7-11-21-27)18-8-12-22-28/h25-28H,1-22H2. The molecule has 0 spiro atoms. The van der Waals surface area contributed by atoms with Gasteiger partial charge in [0.1, 0.15) is 0 Å². The van der Waals surface area contributed by atoms with Crippen molar-refractivity contribution in [2.24, 2.45) is 0 Å². The van der Waals surface area contributed by atoms with E-state index in [0.717, 1.165) is 90.6 Å². The van der Waals surface area contributed by atoms with Gasteiger partial charge in [0.15, 0.2) is 0 Å². The molecule has 0 aromatic carbocycles. The van der Waals surface area contributed by atoms with Crippen LogP contribution < -0.4 is 0 Å². The van der Waals surface area contributed by atoms with Gasteiger partial charge in [0, 0.05) is 26.4 Å². The maximum absolute atomic E-state index is 8.97. The highest BCUT2D eigenvalue weighted by Crippen LogP contribution is 2.08. The first-order valence-corrected chi connectivity index (χ1v) is 11.7. The molecule has 0 rings (SSSR count). The van der Waals surface area contributed by atoms with E-state index in [9.17, 15) is 0 Å². The second kappa shape index (κ2) is 23.0. The fourth-order valence-corrected chi connectivity index (χ4v) is 3.48. The summed E-state index contributed by atoms with van der Waals surface area (Å²) in [5, 5.41) is 35.9. The van der Waals surface area contributed by atoms with Crippen molar-refractivity contribution >= 4 is 0 Å². The van der Waals surface area contributed by atoms with Crippen LogP contribution in [0.25, 0.3) is 0 Å². The predicted molar refractivity (Wildman–Crippen MR) is 117 cm³/mol. The molecule has 6 nitrogen and oxygen atoms in total. The summed E-state index contributed by atoms with van der Waals surface area (Å²) in [5.41, 5.74) is 0. The first-order chi connectivity index (χ1) is 13.8. The Balaban J connectivity index is 3.91. The van der Waals surface area contributed by atoms with Crippen molar-refractivity contribution in [3.8, 4) is 0 Å². The second-order valence-corrected chi connectivity index (χ2v) is 7.82. The Labute approximate surface area is 173 Å². The van der Waals surface area contributed by atoms with E-state index in [-0.39, 0.29) is 26.4 Å². The van der Waals surface area contributed by atoms with Crippen LogP contribution in [0.2, 0.25) is 0 Å². The zero-order chi connectivity index (χ0) is 20.7. The van der Waals surface area contributed by atoms with Crippen molar-refractivity contribution in [1.29, 1.82) is 0 Å². The topological polar surface area (TPSA) is 87.4 Å². The molecule has 170 valence electrons. The van der Waals surface area contributed by atoms with Crippen LogP contribution in [0.15, 0.2) is 0 Å². The van der Waals surface area contributed by atoms with E-state index in [0.29, 0.717) is 0 Å². The van der Waals surface area contributed by atoms with E-state index in [1.54, 1.807) is 0 Å². The maximum atomic E-state index is 8.97. The zero-order valence-electron chi connectivity index (χ0n) is 18.2. The third-order valence-corrected chi connectivity index (χ3v) is 5.23. The number of rotatable bonds is 23. The van der Waals surface area contributed by atoms with Crippen molar-refractivity contribution in [1.82, 2.24) is 9.80 Å². The van der Waals surface area contributed by atoms with Gasteiger partial charge < -0.3 is 30.2 Å². The highest BCUT2D eigenvalue weighted by molar-refractivity contribution is 4.62. The lowest BCUT2D eigenvalue weighted by molar-refractivity contribution is 0.217. The number of nitrogens with zero attached hydrogens (tertiary/aromatic N) is 2. The van der Waals surface area contributed by atoms with Crippen molar-refractivity contribution in [3.63, 3.8) is 0 Å². The van der Waals surface area contributed by atoms with E-state index in [1.165, 1.54) is 25.7 Å². The molecule has 4 N–H and O–H groups in total. The average Bonchev–Trinajstić information content (AvgIpc) is 2.70. The Hall–Kier alpha value is -0.240. The smallest absolute Gasteiger partial charge is 0.0431 e. The molecule has 6 heteroatoms. The van der Waals surface area contributed by atoms with Crippen LogP contribution in [-0.2, 0) is 0 Å². The molecule has 0 fully saturated rings. The van der Waals surface area contributed by atoms with Crippen molar-refractivity contribution in [2.45, 2.75) is 77.0 Å². The number of hydrogen-bond acceptors (Lipinski definition) is 6. The van der Waals surface area contributed by atoms with Crippen molar-refractivity contribution in [2.75, 3.05) is 65.7 Å². The number of aliphatic hydroxyl groups excluding tert-OH is 4. The lowest BCUT2D eigenvalue weighted by Crippen LogP contribution is -2.28. The van der Waals surface area contributed by atoms with Crippen LogP contribution in [0.5, 0.6) is 0 Å². The molecule has 0 aliphatic carbocycles. The Morgan fingerprint density at radius 1 is 0.286 bits per heavy atom. The highest BCUT2D eigenvalue weighted by atomic mass is 16.3. The summed E-state index contributed by atoms with van der Waals surface area (Å²) in [4.78, 5) is 4.98. The van der Waals surface area contributed by atoms with Gasteiger partial charge in [0.05, 0.1) is 0 Å². The highest BCUT2D eigenvalue weighted by Gasteiger charge is 2.06. The summed E-state index contributed by atoms with van der Waals surface area (Å²) in [6.45, 7) is 7.54. The molecule has 0 aromatic rings. The van der Waals surface area contributed by atoms with Gasteiger partial charge in [-0.05, 0) is 103 Å². The third-order valence-electron chi connectivity index (χ3n) is 5.23. The van der Waals surface area contributed by atoms with Crippen LogP contribution >= 0.6 is 0 Å². The largest absolute Gasteiger partial charge is 0.396 e. The first-order valence-electron chi connectivity index (χ1n) is 11.7. The minimum atomic E-state index is 0.275. The van der Waals surface area contributed by atoms with E-state index in [2.05, 4.69) is 9.80 Å². The van der Waals surface area contributed by atoms with Gasteiger partial charge in [-0.3, -0.25) is 0 Å². The molecular formula is C22H48N2O4. The molecule has 0 amide bonds. The first kappa shape index (κ1) is 27.8. The Morgan fingerprint density at radius 2 is 0.500 bits per heavy atom. The predicted octanol–water partition coefficient (Wildman–Crippen LogP) is 2.24. The Morgan fingerprint density at radius 3 is 0.714 bits per heavy atom. The normalized spacial score (nSPS) is 11.8.